The number of rotatable bonds is 3. The minimum atomic E-state index is 0.899. The molecule has 0 heterocycles. The molecule has 0 unspecified atom stereocenters. The van der Waals surface area contributed by atoms with Crippen LogP contribution in [0.25, 0.3) is 0 Å². The van der Waals surface area contributed by atoms with Crippen molar-refractivity contribution in [3.8, 4) is 11.8 Å². The molecule has 1 N–H and O–H groups in total. The standard InChI is InChI=1S/C13H16BrN/c1-3-11-10-13(14)8-7-12(11)6-4-5-9-15-2/h7-8,10,15H,3,5,9H2,1-2H3. The molecule has 0 radical (unpaired) electrons. The lowest BCUT2D eigenvalue weighted by Gasteiger charge is -2.01. The van der Waals surface area contributed by atoms with Crippen molar-refractivity contribution >= 4 is 15.9 Å². The van der Waals surface area contributed by atoms with E-state index in [1.807, 2.05) is 13.1 Å². The molecule has 15 heavy (non-hydrogen) atoms. The third-order valence-electron chi connectivity index (χ3n) is 2.17. The zero-order valence-corrected chi connectivity index (χ0v) is 10.8. The molecule has 80 valence electrons. The lowest BCUT2D eigenvalue weighted by atomic mass is 10.1. The molecule has 1 aromatic rings. The molecule has 0 bridgehead atoms. The first-order valence-corrected chi connectivity index (χ1v) is 5.99. The summed E-state index contributed by atoms with van der Waals surface area (Å²) in [5.74, 6) is 6.38. The van der Waals surface area contributed by atoms with Crippen LogP contribution in [0.3, 0.4) is 0 Å². The number of hydrogen-bond donors (Lipinski definition) is 1. The average Bonchev–Trinajstić information content (AvgIpc) is 2.26. The van der Waals surface area contributed by atoms with Crippen LogP contribution >= 0.6 is 15.9 Å². The maximum atomic E-state index is 3.47. The maximum absolute atomic E-state index is 3.47. The Kier molecular flexibility index (Phi) is 5.45. The third kappa shape index (κ3) is 4.07. The van der Waals surface area contributed by atoms with Gasteiger partial charge in [0.15, 0.2) is 0 Å². The van der Waals surface area contributed by atoms with Crippen LogP contribution in [0, 0.1) is 11.8 Å². The summed E-state index contributed by atoms with van der Waals surface area (Å²) in [5, 5.41) is 3.08. The fourth-order valence-electron chi connectivity index (χ4n) is 1.32. The van der Waals surface area contributed by atoms with E-state index in [4.69, 9.17) is 0 Å². The van der Waals surface area contributed by atoms with E-state index >= 15 is 0 Å². The van der Waals surface area contributed by atoms with Gasteiger partial charge >= 0.3 is 0 Å². The summed E-state index contributed by atoms with van der Waals surface area (Å²) >= 11 is 3.47. The van der Waals surface area contributed by atoms with E-state index in [-0.39, 0.29) is 0 Å². The van der Waals surface area contributed by atoms with Crippen molar-refractivity contribution in [1.29, 1.82) is 0 Å². The van der Waals surface area contributed by atoms with Gasteiger partial charge in [0.2, 0.25) is 0 Å². The minimum absolute atomic E-state index is 0.899. The molecule has 0 saturated carbocycles. The summed E-state index contributed by atoms with van der Waals surface area (Å²) in [6.45, 7) is 3.10. The van der Waals surface area contributed by atoms with Crippen molar-refractivity contribution in [2.24, 2.45) is 0 Å². The Bertz CT molecular complexity index is 374. The first-order chi connectivity index (χ1) is 7.27. The third-order valence-corrected chi connectivity index (χ3v) is 2.66. The molecule has 0 amide bonds. The number of benzene rings is 1. The first-order valence-electron chi connectivity index (χ1n) is 5.19. The molecule has 0 fully saturated rings. The van der Waals surface area contributed by atoms with E-state index in [1.54, 1.807) is 0 Å². The SMILES string of the molecule is CCc1cc(Br)ccc1C#CCCNC. The van der Waals surface area contributed by atoms with Gasteiger partial charge in [0.25, 0.3) is 0 Å². The molecular formula is C13H16BrN. The molecule has 1 nitrogen and oxygen atoms in total. The highest BCUT2D eigenvalue weighted by Crippen LogP contribution is 2.16. The van der Waals surface area contributed by atoms with E-state index in [0.29, 0.717) is 0 Å². The van der Waals surface area contributed by atoms with Crippen LogP contribution < -0.4 is 5.32 Å². The fraction of sp³-hybridized carbons (Fsp3) is 0.385. The van der Waals surface area contributed by atoms with Gasteiger partial charge in [0.05, 0.1) is 0 Å². The predicted molar refractivity (Wildman–Crippen MR) is 68.9 cm³/mol. The Morgan fingerprint density at radius 2 is 2.20 bits per heavy atom. The highest BCUT2D eigenvalue weighted by atomic mass is 79.9. The zero-order valence-electron chi connectivity index (χ0n) is 9.23. The molecule has 0 aromatic heterocycles. The molecule has 0 saturated heterocycles. The second kappa shape index (κ2) is 6.66. The average molecular weight is 266 g/mol. The van der Waals surface area contributed by atoms with E-state index in [0.717, 1.165) is 29.4 Å². The molecular weight excluding hydrogens is 250 g/mol. The largest absolute Gasteiger partial charge is 0.319 e. The van der Waals surface area contributed by atoms with Crippen molar-refractivity contribution < 1.29 is 0 Å². The quantitative estimate of drug-likeness (QED) is 0.655. The number of halogens is 1. The lowest BCUT2D eigenvalue weighted by molar-refractivity contribution is 0.818. The van der Waals surface area contributed by atoms with E-state index < -0.39 is 0 Å². The first kappa shape index (κ1) is 12.3. The fourth-order valence-corrected chi connectivity index (χ4v) is 1.73. The van der Waals surface area contributed by atoms with Crippen molar-refractivity contribution in [3.05, 3.63) is 33.8 Å². The van der Waals surface area contributed by atoms with Crippen molar-refractivity contribution in [2.75, 3.05) is 13.6 Å². The van der Waals surface area contributed by atoms with Gasteiger partial charge in [-0.05, 0) is 37.2 Å². The van der Waals surface area contributed by atoms with Crippen LogP contribution in [-0.4, -0.2) is 13.6 Å². The second-order valence-corrected chi connectivity index (χ2v) is 4.23. The Balaban J connectivity index is 2.78. The Morgan fingerprint density at radius 3 is 2.87 bits per heavy atom. The molecule has 0 atom stereocenters. The summed E-state index contributed by atoms with van der Waals surface area (Å²) < 4.78 is 1.13. The summed E-state index contributed by atoms with van der Waals surface area (Å²) in [7, 11) is 1.94. The van der Waals surface area contributed by atoms with Gasteiger partial charge in [-0.3, -0.25) is 0 Å². The van der Waals surface area contributed by atoms with E-state index in [2.05, 4.69) is 52.1 Å². The van der Waals surface area contributed by atoms with Crippen LogP contribution in [0.5, 0.6) is 0 Å². The van der Waals surface area contributed by atoms with Crippen LogP contribution in [0.4, 0.5) is 0 Å². The summed E-state index contributed by atoms with van der Waals surface area (Å²) in [6, 6.07) is 6.26. The van der Waals surface area contributed by atoms with Crippen molar-refractivity contribution in [2.45, 2.75) is 19.8 Å². The van der Waals surface area contributed by atoms with Gasteiger partial charge in [-0.25, -0.2) is 0 Å². The lowest BCUT2D eigenvalue weighted by Crippen LogP contribution is -2.05. The van der Waals surface area contributed by atoms with Crippen LogP contribution in [0.15, 0.2) is 22.7 Å². The monoisotopic (exact) mass is 265 g/mol. The van der Waals surface area contributed by atoms with Crippen LogP contribution in [-0.2, 0) is 6.42 Å². The Labute approximate surface area is 100 Å². The van der Waals surface area contributed by atoms with Gasteiger partial charge in [0.1, 0.15) is 0 Å². The second-order valence-electron chi connectivity index (χ2n) is 3.31. The van der Waals surface area contributed by atoms with Crippen LogP contribution in [0.1, 0.15) is 24.5 Å². The Hall–Kier alpha value is -0.780. The Morgan fingerprint density at radius 1 is 1.40 bits per heavy atom. The van der Waals surface area contributed by atoms with Gasteiger partial charge in [-0.2, -0.15) is 0 Å². The van der Waals surface area contributed by atoms with E-state index in [9.17, 15) is 0 Å². The van der Waals surface area contributed by atoms with Gasteiger partial charge in [0, 0.05) is 23.0 Å². The molecule has 1 aromatic carbocycles. The molecule has 0 aliphatic heterocycles. The maximum Gasteiger partial charge on any atom is 0.0277 e. The van der Waals surface area contributed by atoms with E-state index in [1.165, 1.54) is 5.56 Å². The topological polar surface area (TPSA) is 12.0 Å². The zero-order chi connectivity index (χ0) is 11.1. The molecule has 0 aliphatic rings. The van der Waals surface area contributed by atoms with Crippen LogP contribution in [0.2, 0.25) is 0 Å². The smallest absolute Gasteiger partial charge is 0.0277 e. The summed E-state index contributed by atoms with van der Waals surface area (Å²) in [5.41, 5.74) is 2.46. The van der Waals surface area contributed by atoms with Gasteiger partial charge in [-0.1, -0.05) is 34.7 Å². The molecule has 0 aliphatic carbocycles. The molecule has 0 spiro atoms. The van der Waals surface area contributed by atoms with Gasteiger partial charge in [-0.15, -0.1) is 0 Å². The molecule has 1 rings (SSSR count). The van der Waals surface area contributed by atoms with Crippen molar-refractivity contribution in [3.63, 3.8) is 0 Å². The number of hydrogen-bond acceptors (Lipinski definition) is 1. The van der Waals surface area contributed by atoms with Gasteiger partial charge < -0.3 is 5.32 Å². The molecule has 2 heteroatoms. The number of aryl methyl sites for hydroxylation is 1. The predicted octanol–water partition coefficient (Wildman–Crippen LogP) is 2.97. The summed E-state index contributed by atoms with van der Waals surface area (Å²) in [4.78, 5) is 0. The number of nitrogens with one attached hydrogen (secondary N) is 1. The normalized spacial score (nSPS) is 9.53. The van der Waals surface area contributed by atoms with Crippen molar-refractivity contribution in [1.82, 2.24) is 5.32 Å². The summed E-state index contributed by atoms with van der Waals surface area (Å²) in [6.07, 6.45) is 1.92. The highest BCUT2D eigenvalue weighted by molar-refractivity contribution is 9.10. The minimum Gasteiger partial charge on any atom is -0.319 e. The highest BCUT2D eigenvalue weighted by Gasteiger charge is 1.97.